The third-order valence-corrected chi connectivity index (χ3v) is 5.35. The Morgan fingerprint density at radius 2 is 1.25 bits per heavy atom. The highest BCUT2D eigenvalue weighted by atomic mass is 32.2. The first-order valence-electron chi connectivity index (χ1n) is 10.6. The van der Waals surface area contributed by atoms with Crippen LogP contribution >= 0.6 is 0 Å². The number of sulfone groups is 1. The molecule has 4 heteroatoms. The standard InChI is InChI=1S/C9H11NO2S.C6H6.C5H12.2C2H6/c11-13(12)6-5-10-7-8-3-1-2-4-9(8)13;1-2-4-6-5-3-1;1-3-5-4-2;2*1-2/h1-4,10H,5-7H2;1-6H;3-5H2,1-2H3;2*1-2H3. The molecule has 0 bridgehead atoms. The molecule has 0 aliphatic carbocycles. The Hall–Kier alpha value is -1.65. The van der Waals surface area contributed by atoms with Crippen molar-refractivity contribution < 1.29 is 8.42 Å². The van der Waals surface area contributed by atoms with E-state index in [2.05, 4.69) is 19.2 Å². The van der Waals surface area contributed by atoms with E-state index in [-0.39, 0.29) is 5.75 Å². The van der Waals surface area contributed by atoms with Crippen LogP contribution < -0.4 is 5.32 Å². The Morgan fingerprint density at radius 3 is 1.68 bits per heavy atom. The van der Waals surface area contributed by atoms with E-state index in [0.717, 1.165) is 5.56 Å². The molecule has 0 atom stereocenters. The van der Waals surface area contributed by atoms with E-state index in [1.807, 2.05) is 76.2 Å². The first-order valence-corrected chi connectivity index (χ1v) is 12.3. The van der Waals surface area contributed by atoms with Gasteiger partial charge in [0.15, 0.2) is 9.84 Å². The number of hydrogen-bond acceptors (Lipinski definition) is 3. The molecule has 0 radical (unpaired) electrons. The molecule has 0 fully saturated rings. The molecule has 0 spiro atoms. The Bertz CT molecular complexity index is 627. The van der Waals surface area contributed by atoms with E-state index in [4.69, 9.17) is 0 Å². The second-order valence-corrected chi connectivity index (χ2v) is 7.69. The Morgan fingerprint density at radius 1 is 0.786 bits per heavy atom. The maximum atomic E-state index is 11.7. The summed E-state index contributed by atoms with van der Waals surface area (Å²) in [6, 6.07) is 19.2. The quantitative estimate of drug-likeness (QED) is 0.618. The summed E-state index contributed by atoms with van der Waals surface area (Å²) in [6.45, 7) is 13.6. The monoisotopic (exact) mass is 407 g/mol. The fourth-order valence-corrected chi connectivity index (χ4v) is 3.69. The van der Waals surface area contributed by atoms with Gasteiger partial charge in [-0.3, -0.25) is 0 Å². The van der Waals surface area contributed by atoms with Crippen LogP contribution in [0.5, 0.6) is 0 Å². The number of hydrogen-bond donors (Lipinski definition) is 1. The number of rotatable bonds is 2. The smallest absolute Gasteiger partial charge is 0.179 e. The van der Waals surface area contributed by atoms with Gasteiger partial charge in [-0.2, -0.15) is 0 Å². The summed E-state index contributed by atoms with van der Waals surface area (Å²) < 4.78 is 23.3. The van der Waals surface area contributed by atoms with Gasteiger partial charge in [-0.15, -0.1) is 0 Å². The summed E-state index contributed by atoms with van der Waals surface area (Å²) >= 11 is 0. The van der Waals surface area contributed by atoms with Crippen LogP contribution in [0.15, 0.2) is 65.6 Å². The Labute approximate surface area is 174 Å². The lowest BCUT2D eigenvalue weighted by Crippen LogP contribution is -2.17. The molecule has 28 heavy (non-hydrogen) atoms. The topological polar surface area (TPSA) is 46.2 Å². The zero-order valence-corrected chi connectivity index (χ0v) is 19.6. The van der Waals surface area contributed by atoms with Crippen LogP contribution in [0.1, 0.15) is 66.4 Å². The second-order valence-electron chi connectivity index (χ2n) is 5.61. The molecule has 3 rings (SSSR count). The van der Waals surface area contributed by atoms with Gasteiger partial charge < -0.3 is 5.32 Å². The second kappa shape index (κ2) is 20.1. The van der Waals surface area contributed by atoms with Crippen LogP contribution in [0.25, 0.3) is 0 Å². The van der Waals surface area contributed by atoms with Crippen molar-refractivity contribution in [2.75, 3.05) is 12.3 Å². The zero-order chi connectivity index (χ0) is 21.7. The molecule has 1 N–H and O–H groups in total. The van der Waals surface area contributed by atoms with Crippen molar-refractivity contribution >= 4 is 9.84 Å². The van der Waals surface area contributed by atoms with Gasteiger partial charge in [-0.05, 0) is 11.6 Å². The van der Waals surface area contributed by atoms with Crippen LogP contribution in [-0.2, 0) is 16.4 Å². The highest BCUT2D eigenvalue weighted by molar-refractivity contribution is 7.91. The third kappa shape index (κ3) is 13.5. The van der Waals surface area contributed by atoms with Gasteiger partial charge in [0.05, 0.1) is 10.6 Å². The summed E-state index contributed by atoms with van der Waals surface area (Å²) in [6.07, 6.45) is 4.08. The lowest BCUT2D eigenvalue weighted by Gasteiger charge is -2.03. The van der Waals surface area contributed by atoms with E-state index in [9.17, 15) is 8.42 Å². The molecule has 3 nitrogen and oxygen atoms in total. The maximum Gasteiger partial charge on any atom is 0.179 e. The van der Waals surface area contributed by atoms with Gasteiger partial charge in [-0.25, -0.2) is 8.42 Å². The molecule has 0 saturated heterocycles. The van der Waals surface area contributed by atoms with E-state index in [0.29, 0.717) is 18.0 Å². The molecule has 1 heterocycles. The zero-order valence-electron chi connectivity index (χ0n) is 18.7. The average molecular weight is 408 g/mol. The predicted molar refractivity (Wildman–Crippen MR) is 125 cm³/mol. The van der Waals surface area contributed by atoms with Gasteiger partial charge in [0.2, 0.25) is 0 Å². The molecule has 2 aromatic carbocycles. The van der Waals surface area contributed by atoms with Gasteiger partial charge >= 0.3 is 0 Å². The van der Waals surface area contributed by atoms with Gasteiger partial charge in [0.1, 0.15) is 0 Å². The Balaban J connectivity index is 0. The van der Waals surface area contributed by atoms with Crippen LogP contribution in [-0.4, -0.2) is 20.7 Å². The molecule has 1 aliphatic rings. The molecule has 0 unspecified atom stereocenters. The lowest BCUT2D eigenvalue weighted by molar-refractivity contribution is 0.595. The minimum absolute atomic E-state index is 0.198. The van der Waals surface area contributed by atoms with Crippen molar-refractivity contribution in [3.05, 3.63) is 66.2 Å². The number of unbranched alkanes of at least 4 members (excludes halogenated alkanes) is 2. The first-order chi connectivity index (χ1) is 13.6. The van der Waals surface area contributed by atoms with E-state index >= 15 is 0 Å². The van der Waals surface area contributed by atoms with Gasteiger partial charge in [-0.1, -0.05) is 115 Å². The van der Waals surface area contributed by atoms with Gasteiger partial charge in [0, 0.05) is 13.1 Å². The highest BCUT2D eigenvalue weighted by Gasteiger charge is 2.20. The number of fused-ring (bicyclic) bond motifs is 1. The summed E-state index contributed by atoms with van der Waals surface area (Å²) in [4.78, 5) is 0.486. The minimum atomic E-state index is -3.04. The predicted octanol–water partition coefficient (Wildman–Crippen LogP) is 6.50. The van der Waals surface area contributed by atoms with Crippen molar-refractivity contribution in [2.45, 2.75) is 72.2 Å². The number of benzene rings is 2. The summed E-state index contributed by atoms with van der Waals surface area (Å²) in [5, 5.41) is 3.08. The Kier molecular flexibility index (Phi) is 20.5. The molecule has 1 aliphatic heterocycles. The van der Waals surface area contributed by atoms with Crippen LogP contribution in [0.4, 0.5) is 0 Å². The highest BCUT2D eigenvalue weighted by Crippen LogP contribution is 2.18. The summed E-state index contributed by atoms with van der Waals surface area (Å²) in [5.41, 5.74) is 0.875. The van der Waals surface area contributed by atoms with Crippen molar-refractivity contribution in [1.82, 2.24) is 5.32 Å². The molecule has 2 aromatic rings. The normalized spacial score (nSPS) is 13.1. The van der Waals surface area contributed by atoms with Crippen molar-refractivity contribution in [3.8, 4) is 0 Å². The van der Waals surface area contributed by atoms with E-state index in [1.54, 1.807) is 12.1 Å². The largest absolute Gasteiger partial charge is 0.312 e. The van der Waals surface area contributed by atoms with Crippen molar-refractivity contribution in [3.63, 3.8) is 0 Å². The molecular formula is C24H41NO2S. The minimum Gasteiger partial charge on any atom is -0.312 e. The third-order valence-electron chi connectivity index (χ3n) is 3.54. The van der Waals surface area contributed by atoms with Crippen molar-refractivity contribution in [2.24, 2.45) is 0 Å². The van der Waals surface area contributed by atoms with E-state index < -0.39 is 9.84 Å². The molecular weight excluding hydrogens is 366 g/mol. The van der Waals surface area contributed by atoms with E-state index in [1.165, 1.54) is 19.3 Å². The molecule has 0 saturated carbocycles. The molecule has 0 amide bonds. The summed E-state index contributed by atoms with van der Waals surface area (Å²) in [5.74, 6) is 0.198. The SMILES string of the molecule is CC.CC.CCCCC.O=S1(=O)CCNCc2ccccc21.c1ccccc1. The summed E-state index contributed by atoms with van der Waals surface area (Å²) in [7, 11) is -3.04. The van der Waals surface area contributed by atoms with Crippen LogP contribution in [0.3, 0.4) is 0 Å². The fraction of sp³-hybridized carbons (Fsp3) is 0.500. The number of nitrogens with one attached hydrogen (secondary N) is 1. The molecule has 160 valence electrons. The van der Waals surface area contributed by atoms with Crippen LogP contribution in [0.2, 0.25) is 0 Å². The van der Waals surface area contributed by atoms with Crippen molar-refractivity contribution in [1.29, 1.82) is 0 Å². The van der Waals surface area contributed by atoms with Gasteiger partial charge in [0.25, 0.3) is 0 Å². The molecule has 0 aromatic heterocycles. The van der Waals surface area contributed by atoms with Crippen LogP contribution in [0, 0.1) is 0 Å². The average Bonchev–Trinajstić information content (AvgIpc) is 2.92. The first kappa shape index (κ1) is 28.6. The maximum absolute atomic E-state index is 11.7. The fourth-order valence-electron chi connectivity index (χ4n) is 2.23. The lowest BCUT2D eigenvalue weighted by atomic mass is 10.2.